The topological polar surface area (TPSA) is 67.8 Å². The summed E-state index contributed by atoms with van der Waals surface area (Å²) >= 11 is 0. The standard InChI is InChI=1S/C19H28N4O2/c1-2-20-19(23-16-10-15-5-6-17(16)25-15)22-11-14-7-8-21-18(9-14)24-12-13-3-4-13/h7-9,13,15-17H,2-6,10-12H2,1H3,(H2,20,22,23). The van der Waals surface area contributed by atoms with Crippen molar-refractivity contribution in [1.82, 2.24) is 15.6 Å². The SMILES string of the molecule is CCNC(=NCc1ccnc(OCC2CC2)c1)NC1CC2CCC1O2. The van der Waals surface area contributed by atoms with Gasteiger partial charge in [-0.1, -0.05) is 0 Å². The molecule has 0 amide bonds. The number of aromatic nitrogens is 1. The molecule has 3 aliphatic rings. The highest BCUT2D eigenvalue weighted by atomic mass is 16.5. The molecule has 1 saturated carbocycles. The van der Waals surface area contributed by atoms with Crippen molar-refractivity contribution in [1.29, 1.82) is 0 Å². The Balaban J connectivity index is 1.34. The molecule has 3 heterocycles. The molecule has 0 radical (unpaired) electrons. The predicted octanol–water partition coefficient (Wildman–Crippen LogP) is 2.25. The van der Waals surface area contributed by atoms with Crippen molar-refractivity contribution in [3.05, 3.63) is 23.9 Å². The molecule has 2 aliphatic heterocycles. The van der Waals surface area contributed by atoms with Gasteiger partial charge < -0.3 is 20.1 Å². The molecule has 3 fully saturated rings. The van der Waals surface area contributed by atoms with Gasteiger partial charge in [0.25, 0.3) is 0 Å². The fourth-order valence-electron chi connectivity index (χ4n) is 3.57. The van der Waals surface area contributed by atoms with E-state index in [1.165, 1.54) is 19.3 Å². The Bertz CT molecular complexity index is 617. The van der Waals surface area contributed by atoms with Crippen molar-refractivity contribution >= 4 is 5.96 Å². The second-order valence-corrected chi connectivity index (χ2v) is 7.31. The highest BCUT2D eigenvalue weighted by Gasteiger charge is 2.41. The van der Waals surface area contributed by atoms with Gasteiger partial charge in [0.05, 0.1) is 31.4 Å². The third-order valence-corrected chi connectivity index (χ3v) is 5.16. The number of nitrogens with zero attached hydrogens (tertiary/aromatic N) is 2. The van der Waals surface area contributed by atoms with Crippen LogP contribution in [0, 0.1) is 5.92 Å². The van der Waals surface area contributed by atoms with Gasteiger partial charge in [-0.3, -0.25) is 0 Å². The highest BCUT2D eigenvalue weighted by molar-refractivity contribution is 5.80. The molecule has 3 unspecified atom stereocenters. The molecule has 4 rings (SSSR count). The number of nitrogens with one attached hydrogen (secondary N) is 2. The summed E-state index contributed by atoms with van der Waals surface area (Å²) in [5.74, 6) is 2.30. The van der Waals surface area contributed by atoms with Crippen LogP contribution in [0.3, 0.4) is 0 Å². The maximum atomic E-state index is 5.92. The highest BCUT2D eigenvalue weighted by Crippen LogP contribution is 2.34. The molecule has 136 valence electrons. The molecule has 3 atom stereocenters. The second kappa shape index (κ2) is 7.60. The van der Waals surface area contributed by atoms with E-state index in [1.807, 2.05) is 12.1 Å². The zero-order valence-electron chi connectivity index (χ0n) is 14.9. The molecule has 2 bridgehead atoms. The first-order valence-electron chi connectivity index (χ1n) is 9.58. The Morgan fingerprint density at radius 2 is 2.28 bits per heavy atom. The first kappa shape index (κ1) is 16.6. The van der Waals surface area contributed by atoms with Crippen LogP contribution in [0.5, 0.6) is 5.88 Å². The number of rotatable bonds is 7. The Kier molecular flexibility index (Phi) is 5.06. The van der Waals surface area contributed by atoms with E-state index < -0.39 is 0 Å². The minimum atomic E-state index is 0.345. The molecule has 6 nitrogen and oxygen atoms in total. The van der Waals surface area contributed by atoms with Crippen molar-refractivity contribution < 1.29 is 9.47 Å². The number of aliphatic imine (C=N–C) groups is 1. The van der Waals surface area contributed by atoms with E-state index in [4.69, 9.17) is 14.5 Å². The quantitative estimate of drug-likeness (QED) is 0.586. The summed E-state index contributed by atoms with van der Waals surface area (Å²) in [6, 6.07) is 4.37. The summed E-state index contributed by atoms with van der Waals surface area (Å²) in [6.07, 6.45) is 8.61. The smallest absolute Gasteiger partial charge is 0.213 e. The van der Waals surface area contributed by atoms with Crippen LogP contribution >= 0.6 is 0 Å². The monoisotopic (exact) mass is 344 g/mol. The van der Waals surface area contributed by atoms with Crippen molar-refractivity contribution in [2.24, 2.45) is 10.9 Å². The van der Waals surface area contributed by atoms with E-state index in [0.717, 1.165) is 43.4 Å². The molecule has 25 heavy (non-hydrogen) atoms. The zero-order valence-corrected chi connectivity index (χ0v) is 14.9. The molecule has 1 aliphatic carbocycles. The molecule has 2 saturated heterocycles. The van der Waals surface area contributed by atoms with E-state index in [1.54, 1.807) is 6.20 Å². The van der Waals surface area contributed by atoms with Crippen LogP contribution in [-0.4, -0.2) is 42.3 Å². The van der Waals surface area contributed by atoms with E-state index in [-0.39, 0.29) is 0 Å². The summed E-state index contributed by atoms with van der Waals surface area (Å²) in [5, 5.41) is 6.89. The van der Waals surface area contributed by atoms with Gasteiger partial charge in [-0.25, -0.2) is 9.98 Å². The third-order valence-electron chi connectivity index (χ3n) is 5.16. The Morgan fingerprint density at radius 1 is 1.36 bits per heavy atom. The molecular weight excluding hydrogens is 316 g/mol. The fourth-order valence-corrected chi connectivity index (χ4v) is 3.57. The van der Waals surface area contributed by atoms with Crippen LogP contribution in [0.2, 0.25) is 0 Å². The number of hydrogen-bond donors (Lipinski definition) is 2. The lowest BCUT2D eigenvalue weighted by atomic mass is 9.96. The maximum Gasteiger partial charge on any atom is 0.213 e. The summed E-state index contributed by atoms with van der Waals surface area (Å²) in [6.45, 7) is 4.33. The van der Waals surface area contributed by atoms with Crippen LogP contribution < -0.4 is 15.4 Å². The number of pyridine rings is 1. The number of guanidine groups is 1. The van der Waals surface area contributed by atoms with Crippen LogP contribution in [0.1, 0.15) is 44.6 Å². The van der Waals surface area contributed by atoms with E-state index >= 15 is 0 Å². The Labute approximate surface area is 149 Å². The second-order valence-electron chi connectivity index (χ2n) is 7.31. The van der Waals surface area contributed by atoms with E-state index in [9.17, 15) is 0 Å². The summed E-state index contributed by atoms with van der Waals surface area (Å²) < 4.78 is 11.7. The van der Waals surface area contributed by atoms with Gasteiger partial charge in [0.2, 0.25) is 5.88 Å². The molecule has 0 aromatic carbocycles. The molecular formula is C19H28N4O2. The normalized spacial score (nSPS) is 28.2. The van der Waals surface area contributed by atoms with Gasteiger partial charge in [-0.15, -0.1) is 0 Å². The summed E-state index contributed by atoms with van der Waals surface area (Å²) in [5.41, 5.74) is 1.11. The Morgan fingerprint density at radius 3 is 3.00 bits per heavy atom. The number of fused-ring (bicyclic) bond motifs is 2. The van der Waals surface area contributed by atoms with Crippen LogP contribution in [-0.2, 0) is 11.3 Å². The van der Waals surface area contributed by atoms with E-state index in [2.05, 4.69) is 22.5 Å². The van der Waals surface area contributed by atoms with Crippen molar-refractivity contribution in [3.8, 4) is 5.88 Å². The first-order valence-corrected chi connectivity index (χ1v) is 9.58. The van der Waals surface area contributed by atoms with Crippen molar-refractivity contribution in [2.45, 2.75) is 63.8 Å². The van der Waals surface area contributed by atoms with Crippen LogP contribution in [0.25, 0.3) is 0 Å². The molecule has 2 N–H and O–H groups in total. The zero-order chi connectivity index (χ0) is 17.1. The van der Waals surface area contributed by atoms with Crippen LogP contribution in [0.15, 0.2) is 23.3 Å². The lowest BCUT2D eigenvalue weighted by molar-refractivity contribution is 0.0992. The van der Waals surface area contributed by atoms with Crippen LogP contribution in [0.4, 0.5) is 0 Å². The predicted molar refractivity (Wildman–Crippen MR) is 96.7 cm³/mol. The summed E-state index contributed by atoms with van der Waals surface area (Å²) in [4.78, 5) is 9.03. The van der Waals surface area contributed by atoms with Gasteiger partial charge >= 0.3 is 0 Å². The average molecular weight is 344 g/mol. The average Bonchev–Trinajstić information content (AvgIpc) is 3.23. The van der Waals surface area contributed by atoms with Gasteiger partial charge in [-0.05, 0) is 56.6 Å². The first-order chi connectivity index (χ1) is 12.3. The lowest BCUT2D eigenvalue weighted by Crippen LogP contribution is -2.47. The largest absolute Gasteiger partial charge is 0.477 e. The number of ether oxygens (including phenoxy) is 2. The molecule has 0 spiro atoms. The third kappa shape index (κ3) is 4.42. The lowest BCUT2D eigenvalue weighted by Gasteiger charge is -2.22. The van der Waals surface area contributed by atoms with Gasteiger partial charge in [0, 0.05) is 18.8 Å². The van der Waals surface area contributed by atoms with Crippen molar-refractivity contribution in [2.75, 3.05) is 13.2 Å². The summed E-state index contributed by atoms with van der Waals surface area (Å²) in [7, 11) is 0. The molecule has 1 aromatic rings. The molecule has 1 aromatic heterocycles. The van der Waals surface area contributed by atoms with Gasteiger partial charge in [-0.2, -0.15) is 0 Å². The minimum absolute atomic E-state index is 0.345. The van der Waals surface area contributed by atoms with Gasteiger partial charge in [0.15, 0.2) is 5.96 Å². The molecule has 6 heteroatoms. The number of hydrogen-bond acceptors (Lipinski definition) is 4. The fraction of sp³-hybridized carbons (Fsp3) is 0.684. The van der Waals surface area contributed by atoms with Gasteiger partial charge in [0.1, 0.15) is 0 Å². The van der Waals surface area contributed by atoms with Crippen molar-refractivity contribution in [3.63, 3.8) is 0 Å². The minimum Gasteiger partial charge on any atom is -0.477 e. The van der Waals surface area contributed by atoms with E-state index in [0.29, 0.717) is 30.7 Å². The Hall–Kier alpha value is -1.82. The maximum absolute atomic E-state index is 5.92.